The number of fused-ring (bicyclic) bond motifs is 1. The molecule has 5 heteroatoms. The van der Waals surface area contributed by atoms with Crippen molar-refractivity contribution in [2.75, 3.05) is 20.0 Å². The van der Waals surface area contributed by atoms with Gasteiger partial charge in [0.2, 0.25) is 6.79 Å². The molecule has 0 amide bonds. The van der Waals surface area contributed by atoms with Crippen molar-refractivity contribution < 1.29 is 14.2 Å². The van der Waals surface area contributed by atoms with Crippen LogP contribution in [0.15, 0.2) is 23.2 Å². The molecule has 0 spiro atoms. The van der Waals surface area contributed by atoms with Crippen LogP contribution in [0.2, 0.25) is 0 Å². The fraction of sp³-hybridized carbons (Fsp3) is 0.467. The molecule has 1 aromatic rings. The van der Waals surface area contributed by atoms with E-state index < -0.39 is 0 Å². The lowest BCUT2D eigenvalue weighted by atomic mass is 9.81. The molecule has 0 radical (unpaired) electrons. The molecule has 0 N–H and O–H groups in total. The second kappa shape index (κ2) is 5.14. The number of hydrogen-bond donors (Lipinski definition) is 0. The fourth-order valence-corrected chi connectivity index (χ4v) is 2.34. The van der Waals surface area contributed by atoms with E-state index in [0.29, 0.717) is 26.2 Å². The van der Waals surface area contributed by atoms with Crippen LogP contribution in [-0.2, 0) is 11.3 Å². The van der Waals surface area contributed by atoms with Gasteiger partial charge in [-0.25, -0.2) is 0 Å². The van der Waals surface area contributed by atoms with Gasteiger partial charge >= 0.3 is 0 Å². The Kier molecular flexibility index (Phi) is 3.33. The van der Waals surface area contributed by atoms with Crippen LogP contribution in [0.1, 0.15) is 18.9 Å². The quantitative estimate of drug-likeness (QED) is 0.789. The van der Waals surface area contributed by atoms with Crippen molar-refractivity contribution in [3.05, 3.63) is 23.8 Å². The molecule has 2 aliphatic heterocycles. The van der Waals surface area contributed by atoms with Crippen LogP contribution in [0.25, 0.3) is 0 Å². The Labute approximate surface area is 117 Å². The summed E-state index contributed by atoms with van der Waals surface area (Å²) in [5.74, 6) is 1.53. The van der Waals surface area contributed by atoms with Gasteiger partial charge in [-0.05, 0) is 24.6 Å². The Hall–Kier alpha value is -2.06. The third-order valence-electron chi connectivity index (χ3n) is 3.67. The Morgan fingerprint density at radius 1 is 1.35 bits per heavy atom. The van der Waals surface area contributed by atoms with Crippen molar-refractivity contribution in [2.45, 2.75) is 19.9 Å². The van der Waals surface area contributed by atoms with Crippen LogP contribution in [0.4, 0.5) is 0 Å². The molecule has 2 aliphatic rings. The third kappa shape index (κ3) is 2.35. The molecule has 104 valence electrons. The van der Waals surface area contributed by atoms with Crippen LogP contribution in [0, 0.1) is 16.7 Å². The molecule has 5 nitrogen and oxygen atoms in total. The number of benzene rings is 1. The molecule has 2 heterocycles. The van der Waals surface area contributed by atoms with Crippen LogP contribution in [-0.4, -0.2) is 25.7 Å². The monoisotopic (exact) mass is 272 g/mol. The summed E-state index contributed by atoms with van der Waals surface area (Å²) in [5.41, 5.74) is 1.89. The van der Waals surface area contributed by atoms with E-state index in [4.69, 9.17) is 19.5 Å². The summed E-state index contributed by atoms with van der Waals surface area (Å²) in [6.45, 7) is 4.20. The maximum atomic E-state index is 8.94. The third-order valence-corrected chi connectivity index (χ3v) is 3.67. The summed E-state index contributed by atoms with van der Waals surface area (Å²) in [5, 5.41) is 8.94. The summed E-state index contributed by atoms with van der Waals surface area (Å²) in [6, 6.07) is 8.00. The predicted molar refractivity (Wildman–Crippen MR) is 72.9 cm³/mol. The number of hydrogen-bond acceptors (Lipinski definition) is 5. The van der Waals surface area contributed by atoms with Gasteiger partial charge in [-0.2, -0.15) is 5.26 Å². The van der Waals surface area contributed by atoms with Gasteiger partial charge in [0.25, 0.3) is 0 Å². The highest BCUT2D eigenvalue weighted by molar-refractivity contribution is 5.92. The van der Waals surface area contributed by atoms with Crippen molar-refractivity contribution in [1.82, 2.24) is 0 Å². The van der Waals surface area contributed by atoms with E-state index in [1.54, 1.807) is 0 Å². The summed E-state index contributed by atoms with van der Waals surface area (Å²) >= 11 is 0. The van der Waals surface area contributed by atoms with E-state index >= 15 is 0 Å². The van der Waals surface area contributed by atoms with E-state index in [9.17, 15) is 0 Å². The molecule has 1 saturated heterocycles. The van der Waals surface area contributed by atoms with Gasteiger partial charge in [-0.1, -0.05) is 6.07 Å². The maximum Gasteiger partial charge on any atom is 0.231 e. The number of ether oxygens (including phenoxy) is 3. The molecule has 3 rings (SSSR count). The van der Waals surface area contributed by atoms with Gasteiger partial charge in [-0.3, -0.25) is 4.99 Å². The maximum absolute atomic E-state index is 8.94. The van der Waals surface area contributed by atoms with Gasteiger partial charge in [0.15, 0.2) is 11.5 Å². The summed E-state index contributed by atoms with van der Waals surface area (Å²) in [7, 11) is 0. The second-order valence-corrected chi connectivity index (χ2v) is 5.34. The average molecular weight is 272 g/mol. The molecule has 0 aromatic heterocycles. The first kappa shape index (κ1) is 12.9. The topological polar surface area (TPSA) is 63.8 Å². The molecule has 1 aromatic carbocycles. The van der Waals surface area contributed by atoms with E-state index in [-0.39, 0.29) is 12.2 Å². The van der Waals surface area contributed by atoms with Gasteiger partial charge < -0.3 is 14.2 Å². The van der Waals surface area contributed by atoms with Gasteiger partial charge in [0.1, 0.15) is 0 Å². The fourth-order valence-electron chi connectivity index (χ4n) is 2.34. The van der Waals surface area contributed by atoms with Gasteiger partial charge in [0.05, 0.1) is 37.7 Å². The Morgan fingerprint density at radius 2 is 2.15 bits per heavy atom. The van der Waals surface area contributed by atoms with Crippen molar-refractivity contribution in [2.24, 2.45) is 10.4 Å². The van der Waals surface area contributed by atoms with Crippen molar-refractivity contribution in [3.63, 3.8) is 0 Å². The summed E-state index contributed by atoms with van der Waals surface area (Å²) in [6.07, 6.45) is 0.352. The normalized spacial score (nSPS) is 19.3. The minimum absolute atomic E-state index is 0.0773. The van der Waals surface area contributed by atoms with Crippen molar-refractivity contribution in [3.8, 4) is 17.6 Å². The standard InChI is InChI=1S/C15H16N2O3/c1-15(8-18-9-15)14(4-5-16)17-7-11-2-3-12-13(6-11)20-10-19-12/h2-3,6H,4,7-10H2,1H3. The van der Waals surface area contributed by atoms with E-state index in [1.807, 2.05) is 18.2 Å². The second-order valence-electron chi connectivity index (χ2n) is 5.34. The molecule has 1 fully saturated rings. The van der Waals surface area contributed by atoms with Gasteiger partial charge in [-0.15, -0.1) is 0 Å². The van der Waals surface area contributed by atoms with Crippen molar-refractivity contribution >= 4 is 5.71 Å². The molecule has 0 aliphatic carbocycles. The first-order chi connectivity index (χ1) is 9.71. The van der Waals surface area contributed by atoms with Crippen LogP contribution < -0.4 is 9.47 Å². The number of nitriles is 1. The van der Waals surface area contributed by atoms with E-state index in [0.717, 1.165) is 22.8 Å². The SMILES string of the molecule is CC1(C(CC#N)=NCc2ccc3c(c2)OCO3)COC1. The highest BCUT2D eigenvalue weighted by Gasteiger charge is 2.38. The molecule has 0 atom stereocenters. The number of aliphatic imine (C=N–C) groups is 1. The van der Waals surface area contributed by atoms with Crippen LogP contribution in [0.5, 0.6) is 11.5 Å². The summed E-state index contributed by atoms with van der Waals surface area (Å²) in [4.78, 5) is 4.62. The molecule has 20 heavy (non-hydrogen) atoms. The first-order valence-electron chi connectivity index (χ1n) is 6.58. The minimum Gasteiger partial charge on any atom is -0.454 e. The van der Waals surface area contributed by atoms with Gasteiger partial charge in [0, 0.05) is 5.71 Å². The molecular weight excluding hydrogens is 256 g/mol. The molecule has 0 unspecified atom stereocenters. The van der Waals surface area contributed by atoms with E-state index in [2.05, 4.69) is 18.0 Å². The molecule has 0 saturated carbocycles. The van der Waals surface area contributed by atoms with Crippen molar-refractivity contribution in [1.29, 1.82) is 5.26 Å². The van der Waals surface area contributed by atoms with Crippen LogP contribution >= 0.6 is 0 Å². The Bertz CT molecular complexity index is 585. The number of nitrogens with zero attached hydrogens (tertiary/aromatic N) is 2. The zero-order chi connectivity index (χ0) is 14.0. The lowest BCUT2D eigenvalue weighted by Crippen LogP contribution is -2.46. The lowest BCUT2D eigenvalue weighted by Gasteiger charge is -2.38. The smallest absolute Gasteiger partial charge is 0.231 e. The summed E-state index contributed by atoms with van der Waals surface area (Å²) < 4.78 is 15.9. The minimum atomic E-state index is -0.0773. The van der Waals surface area contributed by atoms with E-state index in [1.165, 1.54) is 0 Å². The number of rotatable bonds is 4. The average Bonchev–Trinajstić information content (AvgIpc) is 2.88. The zero-order valence-electron chi connectivity index (χ0n) is 11.4. The highest BCUT2D eigenvalue weighted by Crippen LogP contribution is 2.33. The zero-order valence-corrected chi connectivity index (χ0v) is 11.4. The Morgan fingerprint density at radius 3 is 2.85 bits per heavy atom. The molecule has 0 bridgehead atoms. The largest absolute Gasteiger partial charge is 0.454 e. The lowest BCUT2D eigenvalue weighted by molar-refractivity contribution is -0.0592. The first-order valence-corrected chi connectivity index (χ1v) is 6.58. The molecular formula is C15H16N2O3. The highest BCUT2D eigenvalue weighted by atomic mass is 16.7. The Balaban J connectivity index is 1.76. The van der Waals surface area contributed by atoms with Crippen LogP contribution in [0.3, 0.4) is 0 Å². The predicted octanol–water partition coefficient (Wildman–Crippen LogP) is 2.31.